The fraction of sp³-hybridized carbons (Fsp3) is 0.727. The Bertz CT molecular complexity index is 391. The van der Waals surface area contributed by atoms with E-state index in [1.807, 2.05) is 6.92 Å². The van der Waals surface area contributed by atoms with E-state index in [2.05, 4.69) is 20.4 Å². The summed E-state index contributed by atoms with van der Waals surface area (Å²) in [4.78, 5) is 17.4. The van der Waals surface area contributed by atoms with Crippen molar-refractivity contribution in [2.24, 2.45) is 0 Å². The molecule has 0 bridgehead atoms. The third-order valence-corrected chi connectivity index (χ3v) is 2.84. The molecule has 1 N–H and O–H groups in total. The number of carbonyl (C=O) groups is 1. The Morgan fingerprint density at radius 3 is 3.12 bits per heavy atom. The van der Waals surface area contributed by atoms with Gasteiger partial charge in [0, 0.05) is 19.5 Å². The van der Waals surface area contributed by atoms with Crippen molar-refractivity contribution in [3.63, 3.8) is 0 Å². The molecule has 1 aromatic heterocycles. The molecule has 6 heteroatoms. The number of likely N-dealkylation sites (tertiary alicyclic amines) is 1. The predicted molar refractivity (Wildman–Crippen MR) is 61.2 cm³/mol. The molecule has 2 heterocycles. The first-order valence-corrected chi connectivity index (χ1v) is 5.92. The van der Waals surface area contributed by atoms with Gasteiger partial charge in [0.2, 0.25) is 11.8 Å². The normalized spacial score (nSPS) is 21.4. The first kappa shape index (κ1) is 12.0. The Morgan fingerprint density at radius 2 is 2.47 bits per heavy atom. The van der Waals surface area contributed by atoms with Crippen LogP contribution in [-0.2, 0) is 11.3 Å². The minimum atomic E-state index is 0.0329. The second-order valence-electron chi connectivity index (χ2n) is 4.51. The van der Waals surface area contributed by atoms with Crippen LogP contribution in [0.25, 0.3) is 0 Å². The van der Waals surface area contributed by atoms with E-state index in [-0.39, 0.29) is 11.9 Å². The van der Waals surface area contributed by atoms with E-state index >= 15 is 0 Å². The molecule has 1 atom stereocenters. The molecule has 0 spiro atoms. The van der Waals surface area contributed by atoms with E-state index in [1.54, 1.807) is 6.92 Å². The third-order valence-electron chi connectivity index (χ3n) is 2.84. The molecule has 0 radical (unpaired) electrons. The summed E-state index contributed by atoms with van der Waals surface area (Å²) >= 11 is 0. The first-order chi connectivity index (χ1) is 8.13. The number of aromatic nitrogens is 2. The number of hydrogen-bond donors (Lipinski definition) is 1. The number of piperidine rings is 1. The van der Waals surface area contributed by atoms with Crippen LogP contribution < -0.4 is 5.32 Å². The first-order valence-electron chi connectivity index (χ1n) is 5.92. The third kappa shape index (κ3) is 3.52. The number of amides is 1. The maximum atomic E-state index is 11.0. The molecule has 17 heavy (non-hydrogen) atoms. The van der Waals surface area contributed by atoms with E-state index in [1.165, 1.54) is 0 Å². The maximum absolute atomic E-state index is 11.0. The van der Waals surface area contributed by atoms with E-state index in [0.29, 0.717) is 18.3 Å². The second kappa shape index (κ2) is 5.27. The number of nitrogens with zero attached hydrogens (tertiary/aromatic N) is 3. The van der Waals surface area contributed by atoms with Gasteiger partial charge in [-0.25, -0.2) is 0 Å². The quantitative estimate of drug-likeness (QED) is 0.829. The fourth-order valence-corrected chi connectivity index (χ4v) is 2.20. The van der Waals surface area contributed by atoms with Crippen LogP contribution in [0.2, 0.25) is 0 Å². The summed E-state index contributed by atoms with van der Waals surface area (Å²) in [7, 11) is 0. The van der Waals surface area contributed by atoms with Gasteiger partial charge in [0.15, 0.2) is 5.82 Å². The lowest BCUT2D eigenvalue weighted by molar-refractivity contribution is -0.120. The molecular formula is C11H18N4O2. The van der Waals surface area contributed by atoms with Gasteiger partial charge in [0.1, 0.15) is 0 Å². The SMILES string of the molecule is CC(=O)N[C@@H]1CCCN(Cc2nc(C)no2)C1. The highest BCUT2D eigenvalue weighted by Gasteiger charge is 2.21. The summed E-state index contributed by atoms with van der Waals surface area (Å²) in [6, 6.07) is 0.241. The van der Waals surface area contributed by atoms with Crippen LogP contribution in [0.5, 0.6) is 0 Å². The minimum absolute atomic E-state index is 0.0329. The van der Waals surface area contributed by atoms with Crippen LogP contribution >= 0.6 is 0 Å². The zero-order valence-corrected chi connectivity index (χ0v) is 10.3. The molecule has 0 aliphatic carbocycles. The summed E-state index contributed by atoms with van der Waals surface area (Å²) in [5, 5.41) is 6.72. The largest absolute Gasteiger partial charge is 0.352 e. The smallest absolute Gasteiger partial charge is 0.240 e. The van der Waals surface area contributed by atoms with Crippen LogP contribution in [0, 0.1) is 6.92 Å². The van der Waals surface area contributed by atoms with Gasteiger partial charge >= 0.3 is 0 Å². The highest BCUT2D eigenvalue weighted by Crippen LogP contribution is 2.12. The molecule has 0 unspecified atom stereocenters. The number of aryl methyl sites for hydroxylation is 1. The molecule has 1 amide bonds. The molecule has 1 saturated heterocycles. The van der Waals surface area contributed by atoms with Gasteiger partial charge in [0.05, 0.1) is 6.54 Å². The molecule has 1 fully saturated rings. The zero-order chi connectivity index (χ0) is 12.3. The van der Waals surface area contributed by atoms with Crippen molar-refractivity contribution in [1.29, 1.82) is 0 Å². The second-order valence-corrected chi connectivity index (χ2v) is 4.51. The van der Waals surface area contributed by atoms with Crippen LogP contribution in [0.4, 0.5) is 0 Å². The van der Waals surface area contributed by atoms with Gasteiger partial charge in [-0.15, -0.1) is 0 Å². The Kier molecular flexibility index (Phi) is 3.73. The summed E-state index contributed by atoms with van der Waals surface area (Å²) in [5.74, 6) is 1.34. The molecule has 2 rings (SSSR count). The van der Waals surface area contributed by atoms with Crippen molar-refractivity contribution in [2.75, 3.05) is 13.1 Å². The van der Waals surface area contributed by atoms with Gasteiger partial charge in [-0.1, -0.05) is 5.16 Å². The molecular weight excluding hydrogens is 220 g/mol. The fourth-order valence-electron chi connectivity index (χ4n) is 2.20. The van der Waals surface area contributed by atoms with Crippen molar-refractivity contribution in [1.82, 2.24) is 20.4 Å². The van der Waals surface area contributed by atoms with Crippen LogP contribution in [0.15, 0.2) is 4.52 Å². The van der Waals surface area contributed by atoms with Crippen molar-refractivity contribution in [2.45, 2.75) is 39.3 Å². The van der Waals surface area contributed by atoms with Crippen LogP contribution in [0.1, 0.15) is 31.5 Å². The molecule has 1 aliphatic rings. The Hall–Kier alpha value is -1.43. The summed E-state index contributed by atoms with van der Waals surface area (Å²) in [6.07, 6.45) is 2.12. The van der Waals surface area contributed by atoms with Gasteiger partial charge in [-0.2, -0.15) is 4.98 Å². The summed E-state index contributed by atoms with van der Waals surface area (Å²) < 4.78 is 5.09. The Morgan fingerprint density at radius 1 is 1.65 bits per heavy atom. The number of carbonyl (C=O) groups excluding carboxylic acids is 1. The molecule has 6 nitrogen and oxygen atoms in total. The number of rotatable bonds is 3. The summed E-state index contributed by atoms with van der Waals surface area (Å²) in [6.45, 7) is 5.89. The number of nitrogens with one attached hydrogen (secondary N) is 1. The van der Waals surface area contributed by atoms with Crippen LogP contribution in [-0.4, -0.2) is 40.1 Å². The van der Waals surface area contributed by atoms with Gasteiger partial charge in [0.25, 0.3) is 0 Å². The van der Waals surface area contributed by atoms with Crippen molar-refractivity contribution in [3.05, 3.63) is 11.7 Å². The predicted octanol–water partition coefficient (Wildman–Crippen LogP) is 0.479. The maximum Gasteiger partial charge on any atom is 0.240 e. The molecule has 1 aliphatic heterocycles. The van der Waals surface area contributed by atoms with E-state index < -0.39 is 0 Å². The lowest BCUT2D eigenvalue weighted by atomic mass is 10.1. The van der Waals surface area contributed by atoms with Gasteiger partial charge < -0.3 is 9.84 Å². The highest BCUT2D eigenvalue weighted by molar-refractivity contribution is 5.73. The lowest BCUT2D eigenvalue weighted by Gasteiger charge is -2.31. The zero-order valence-electron chi connectivity index (χ0n) is 10.3. The summed E-state index contributed by atoms with van der Waals surface area (Å²) in [5.41, 5.74) is 0. The van der Waals surface area contributed by atoms with E-state index in [9.17, 15) is 4.79 Å². The molecule has 94 valence electrons. The average Bonchev–Trinajstić information content (AvgIpc) is 2.63. The average molecular weight is 238 g/mol. The highest BCUT2D eigenvalue weighted by atomic mass is 16.5. The lowest BCUT2D eigenvalue weighted by Crippen LogP contribution is -2.46. The van der Waals surface area contributed by atoms with Gasteiger partial charge in [-0.05, 0) is 26.3 Å². The topological polar surface area (TPSA) is 71.3 Å². The minimum Gasteiger partial charge on any atom is -0.352 e. The monoisotopic (exact) mass is 238 g/mol. The molecule has 1 aromatic rings. The van der Waals surface area contributed by atoms with E-state index in [0.717, 1.165) is 25.9 Å². The van der Waals surface area contributed by atoms with E-state index in [4.69, 9.17) is 4.52 Å². The molecule has 0 saturated carbocycles. The Balaban J connectivity index is 1.87. The van der Waals surface area contributed by atoms with Crippen molar-refractivity contribution < 1.29 is 9.32 Å². The van der Waals surface area contributed by atoms with Crippen LogP contribution in [0.3, 0.4) is 0 Å². The van der Waals surface area contributed by atoms with Crippen molar-refractivity contribution >= 4 is 5.91 Å². The standard InChI is InChI=1S/C11H18N4O2/c1-8-12-11(17-14-8)7-15-5-3-4-10(6-15)13-9(2)16/h10H,3-7H2,1-2H3,(H,13,16)/t10-/m1/s1. The van der Waals surface area contributed by atoms with Gasteiger partial charge in [-0.3, -0.25) is 9.69 Å². The van der Waals surface area contributed by atoms with Crippen molar-refractivity contribution in [3.8, 4) is 0 Å². The number of hydrogen-bond acceptors (Lipinski definition) is 5. The Labute approximate surface area is 100 Å². The molecule has 0 aromatic carbocycles.